The molecule has 1 aromatic carbocycles. The van der Waals surface area contributed by atoms with E-state index in [-0.39, 0.29) is 11.9 Å². The third kappa shape index (κ3) is 1.81. The first-order valence-corrected chi connectivity index (χ1v) is 7.05. The quantitative estimate of drug-likeness (QED) is 0.832. The van der Waals surface area contributed by atoms with Gasteiger partial charge in [-0.15, -0.1) is 0 Å². The molecule has 0 aliphatic carbocycles. The number of aliphatic hydroxyl groups excluding tert-OH is 1. The Morgan fingerprint density at radius 2 is 2.05 bits per heavy atom. The van der Waals surface area contributed by atoms with Crippen molar-refractivity contribution in [2.45, 2.75) is 38.3 Å². The molecule has 5 nitrogen and oxygen atoms in total. The second kappa shape index (κ2) is 4.90. The van der Waals surface area contributed by atoms with Crippen LogP contribution in [-0.2, 0) is 11.2 Å². The molecule has 3 rings (SSSR count). The summed E-state index contributed by atoms with van der Waals surface area (Å²) >= 11 is 0. The Hall–Kier alpha value is -1.88. The van der Waals surface area contributed by atoms with Gasteiger partial charge in [-0.1, -0.05) is 25.1 Å². The highest BCUT2D eigenvalue weighted by molar-refractivity contribution is 6.22. The topological polar surface area (TPSA) is 60.9 Å². The molecule has 2 heterocycles. The molecule has 0 saturated carbocycles. The van der Waals surface area contributed by atoms with E-state index in [0.717, 1.165) is 18.4 Å². The lowest BCUT2D eigenvalue weighted by Crippen LogP contribution is -2.48. The molecule has 2 fully saturated rings. The number of nitrogens with zero attached hydrogens (tertiary/aromatic N) is 2. The van der Waals surface area contributed by atoms with Gasteiger partial charge in [0.05, 0.1) is 11.8 Å². The number of piperidine rings is 1. The molecule has 0 unspecified atom stereocenters. The Kier molecular flexibility index (Phi) is 3.22. The smallest absolute Gasteiger partial charge is 0.332 e. The van der Waals surface area contributed by atoms with Crippen LogP contribution in [0, 0.1) is 0 Å². The summed E-state index contributed by atoms with van der Waals surface area (Å²) in [5, 5.41) is 10.0. The van der Waals surface area contributed by atoms with Gasteiger partial charge in [-0.3, -0.25) is 4.79 Å². The van der Waals surface area contributed by atoms with Crippen molar-refractivity contribution < 1.29 is 14.7 Å². The number of carbonyl (C=O) groups excluding carboxylic acids is 2. The molecule has 1 N–H and O–H groups in total. The minimum absolute atomic E-state index is 0.303. The van der Waals surface area contributed by atoms with Crippen LogP contribution in [0.2, 0.25) is 0 Å². The zero-order valence-corrected chi connectivity index (χ0v) is 11.5. The number of amides is 3. The molecule has 0 radical (unpaired) electrons. The number of carbonyl (C=O) groups is 2. The van der Waals surface area contributed by atoms with Crippen LogP contribution in [0.1, 0.15) is 25.3 Å². The molecule has 2 aliphatic heterocycles. The first-order chi connectivity index (χ1) is 9.65. The van der Waals surface area contributed by atoms with Crippen LogP contribution in [0.25, 0.3) is 0 Å². The maximum Gasteiger partial charge on any atom is 0.332 e. The number of urea groups is 1. The third-order valence-corrected chi connectivity index (χ3v) is 4.12. The molecular weight excluding hydrogens is 256 g/mol. The lowest BCUT2D eigenvalue weighted by Gasteiger charge is -2.30. The second-order valence-corrected chi connectivity index (χ2v) is 5.29. The lowest BCUT2D eigenvalue weighted by molar-refractivity contribution is -0.124. The van der Waals surface area contributed by atoms with Crippen molar-refractivity contribution >= 4 is 17.6 Å². The van der Waals surface area contributed by atoms with Gasteiger partial charge in [0, 0.05) is 6.54 Å². The highest BCUT2D eigenvalue weighted by Crippen LogP contribution is 2.32. The van der Waals surface area contributed by atoms with Crippen molar-refractivity contribution in [2.75, 3.05) is 11.4 Å². The molecule has 20 heavy (non-hydrogen) atoms. The summed E-state index contributed by atoms with van der Waals surface area (Å²) in [6.07, 6.45) is 1.31. The van der Waals surface area contributed by atoms with Crippen molar-refractivity contribution in [1.82, 2.24) is 4.90 Å². The number of fused-ring (bicyclic) bond motifs is 1. The Morgan fingerprint density at radius 1 is 1.30 bits per heavy atom. The summed E-state index contributed by atoms with van der Waals surface area (Å²) in [6.45, 7) is 2.53. The van der Waals surface area contributed by atoms with Crippen LogP contribution < -0.4 is 4.90 Å². The van der Waals surface area contributed by atoms with Crippen molar-refractivity contribution in [3.63, 3.8) is 0 Å². The Balaban J connectivity index is 2.02. The van der Waals surface area contributed by atoms with Crippen molar-refractivity contribution in [3.8, 4) is 0 Å². The summed E-state index contributed by atoms with van der Waals surface area (Å²) in [5.74, 6) is -0.303. The fourth-order valence-electron chi connectivity index (χ4n) is 3.09. The first kappa shape index (κ1) is 13.1. The van der Waals surface area contributed by atoms with Gasteiger partial charge in [-0.05, 0) is 30.9 Å². The van der Waals surface area contributed by atoms with E-state index in [1.807, 2.05) is 25.1 Å². The van der Waals surface area contributed by atoms with Gasteiger partial charge in [0.25, 0.3) is 5.91 Å². The minimum atomic E-state index is -0.751. The Morgan fingerprint density at radius 3 is 2.75 bits per heavy atom. The fraction of sp³-hybridized carbons (Fsp3) is 0.467. The van der Waals surface area contributed by atoms with Crippen LogP contribution in [0.4, 0.5) is 10.5 Å². The first-order valence-electron chi connectivity index (χ1n) is 7.05. The predicted molar refractivity (Wildman–Crippen MR) is 74.4 cm³/mol. The van der Waals surface area contributed by atoms with Crippen LogP contribution >= 0.6 is 0 Å². The number of benzene rings is 1. The average Bonchev–Trinajstić information content (AvgIpc) is 2.72. The van der Waals surface area contributed by atoms with Crippen LogP contribution in [0.3, 0.4) is 0 Å². The summed E-state index contributed by atoms with van der Waals surface area (Å²) < 4.78 is 0. The van der Waals surface area contributed by atoms with Crippen LogP contribution in [0.5, 0.6) is 0 Å². The van der Waals surface area contributed by atoms with Crippen molar-refractivity contribution in [2.24, 2.45) is 0 Å². The Bertz CT molecular complexity index is 558. The number of anilines is 1. The number of aryl methyl sites for hydroxylation is 1. The molecule has 0 bridgehead atoms. The Labute approximate surface area is 117 Å². The highest BCUT2D eigenvalue weighted by atomic mass is 16.3. The molecule has 3 amide bonds. The summed E-state index contributed by atoms with van der Waals surface area (Å²) in [5.41, 5.74) is 1.61. The number of hydrogen-bond acceptors (Lipinski definition) is 3. The summed E-state index contributed by atoms with van der Waals surface area (Å²) in [7, 11) is 0. The van der Waals surface area contributed by atoms with Gasteiger partial charge in [0.1, 0.15) is 6.04 Å². The SMILES string of the molecule is CCc1ccccc1N1C(=O)[C@@H]2[C@@H](O)CCCN2C1=O. The van der Waals surface area contributed by atoms with Crippen LogP contribution in [0.15, 0.2) is 24.3 Å². The molecule has 2 saturated heterocycles. The molecule has 0 aromatic heterocycles. The second-order valence-electron chi connectivity index (χ2n) is 5.29. The monoisotopic (exact) mass is 274 g/mol. The predicted octanol–water partition coefficient (Wildman–Crippen LogP) is 1.54. The highest BCUT2D eigenvalue weighted by Gasteiger charge is 2.50. The standard InChI is InChI=1S/C15H18N2O3/c1-2-10-6-3-4-7-11(10)17-14(19)13-12(18)8-5-9-16(13)15(17)20/h3-4,6-7,12-13,18H,2,5,8-9H2,1H3/t12-,13-/m0/s1. The van der Waals surface area contributed by atoms with E-state index in [1.54, 1.807) is 6.07 Å². The van der Waals surface area contributed by atoms with E-state index in [2.05, 4.69) is 0 Å². The normalized spacial score (nSPS) is 26.1. The van der Waals surface area contributed by atoms with Gasteiger partial charge >= 0.3 is 6.03 Å². The average molecular weight is 274 g/mol. The molecule has 5 heteroatoms. The van der Waals surface area contributed by atoms with E-state index in [1.165, 1.54) is 9.80 Å². The van der Waals surface area contributed by atoms with Crippen LogP contribution in [-0.4, -0.2) is 40.6 Å². The van der Waals surface area contributed by atoms with Crippen molar-refractivity contribution in [3.05, 3.63) is 29.8 Å². The number of hydrogen-bond donors (Lipinski definition) is 1. The number of aliphatic hydroxyl groups is 1. The molecule has 2 aliphatic rings. The zero-order valence-electron chi connectivity index (χ0n) is 11.5. The zero-order chi connectivity index (χ0) is 14.3. The van der Waals surface area contributed by atoms with E-state index >= 15 is 0 Å². The summed E-state index contributed by atoms with van der Waals surface area (Å²) in [4.78, 5) is 27.8. The molecular formula is C15H18N2O3. The van der Waals surface area contributed by atoms with E-state index in [9.17, 15) is 14.7 Å². The molecule has 106 valence electrons. The van der Waals surface area contributed by atoms with Gasteiger partial charge in [-0.25, -0.2) is 9.69 Å². The molecule has 2 atom stereocenters. The van der Waals surface area contributed by atoms with E-state index in [0.29, 0.717) is 18.7 Å². The van der Waals surface area contributed by atoms with Gasteiger partial charge in [0.2, 0.25) is 0 Å². The largest absolute Gasteiger partial charge is 0.390 e. The third-order valence-electron chi connectivity index (χ3n) is 4.12. The molecule has 0 spiro atoms. The van der Waals surface area contributed by atoms with Crippen molar-refractivity contribution in [1.29, 1.82) is 0 Å². The number of imide groups is 1. The van der Waals surface area contributed by atoms with Gasteiger partial charge in [0.15, 0.2) is 0 Å². The minimum Gasteiger partial charge on any atom is -0.390 e. The van der Waals surface area contributed by atoms with Gasteiger partial charge in [-0.2, -0.15) is 0 Å². The number of para-hydroxylation sites is 1. The molecule has 1 aromatic rings. The van der Waals surface area contributed by atoms with Gasteiger partial charge < -0.3 is 10.0 Å². The lowest BCUT2D eigenvalue weighted by atomic mass is 10.00. The summed E-state index contributed by atoms with van der Waals surface area (Å²) in [6, 6.07) is 6.42. The number of rotatable bonds is 2. The maximum atomic E-state index is 12.5. The maximum absolute atomic E-state index is 12.5. The van der Waals surface area contributed by atoms with E-state index < -0.39 is 12.1 Å². The van der Waals surface area contributed by atoms with E-state index in [4.69, 9.17) is 0 Å². The fourth-order valence-corrected chi connectivity index (χ4v) is 3.09.